The molecule has 0 aliphatic rings. The molecule has 0 N–H and O–H groups in total. The first-order valence-electron chi connectivity index (χ1n) is 16.9. The van der Waals surface area contributed by atoms with Gasteiger partial charge in [0.2, 0.25) is 0 Å². The molecular formula is C47H32N2O. The van der Waals surface area contributed by atoms with E-state index in [1.54, 1.807) is 0 Å². The summed E-state index contributed by atoms with van der Waals surface area (Å²) in [6, 6.07) is 64.2. The molecule has 0 unspecified atom stereocenters. The minimum Gasteiger partial charge on any atom is -0.455 e. The Labute approximate surface area is 291 Å². The van der Waals surface area contributed by atoms with Crippen LogP contribution in [-0.2, 0) is 0 Å². The largest absolute Gasteiger partial charge is 0.455 e. The van der Waals surface area contributed by atoms with Crippen LogP contribution in [0.15, 0.2) is 199 Å². The average molecular weight is 641 g/mol. The molecule has 0 saturated carbocycles. The predicted molar refractivity (Wildman–Crippen MR) is 208 cm³/mol. The zero-order chi connectivity index (χ0) is 33.3. The first-order valence-corrected chi connectivity index (χ1v) is 16.9. The molecule has 2 aromatic heterocycles. The lowest BCUT2D eigenvalue weighted by molar-refractivity contribution is 0.669. The van der Waals surface area contributed by atoms with Gasteiger partial charge in [-0.05, 0) is 87.5 Å². The fourth-order valence-corrected chi connectivity index (χ4v) is 6.83. The second kappa shape index (κ2) is 12.7. The number of para-hydroxylation sites is 1. The average Bonchev–Trinajstić information content (AvgIpc) is 3.59. The van der Waals surface area contributed by atoms with Crippen molar-refractivity contribution < 1.29 is 4.42 Å². The number of aromatic nitrogens is 1. The van der Waals surface area contributed by atoms with Crippen molar-refractivity contribution in [3.8, 4) is 44.5 Å². The summed E-state index contributed by atoms with van der Waals surface area (Å²) in [6.07, 6.45) is 3.79. The van der Waals surface area contributed by atoms with Gasteiger partial charge in [0.1, 0.15) is 11.2 Å². The van der Waals surface area contributed by atoms with Crippen LogP contribution >= 0.6 is 0 Å². The van der Waals surface area contributed by atoms with E-state index in [9.17, 15) is 0 Å². The van der Waals surface area contributed by atoms with Crippen LogP contribution in [0, 0.1) is 0 Å². The number of nitrogens with zero attached hydrogens (tertiary/aromatic N) is 2. The molecule has 7 aromatic carbocycles. The zero-order valence-electron chi connectivity index (χ0n) is 27.3. The second-order valence-electron chi connectivity index (χ2n) is 12.5. The van der Waals surface area contributed by atoms with Crippen LogP contribution in [0.25, 0.3) is 66.4 Å². The van der Waals surface area contributed by atoms with Crippen molar-refractivity contribution in [1.29, 1.82) is 0 Å². The van der Waals surface area contributed by atoms with Gasteiger partial charge in [0.25, 0.3) is 0 Å². The van der Waals surface area contributed by atoms with E-state index in [-0.39, 0.29) is 0 Å². The molecule has 0 fully saturated rings. The van der Waals surface area contributed by atoms with E-state index in [0.29, 0.717) is 0 Å². The molecule has 0 aliphatic heterocycles. The predicted octanol–water partition coefficient (Wildman–Crippen LogP) is 13.1. The van der Waals surface area contributed by atoms with Crippen LogP contribution < -0.4 is 4.90 Å². The van der Waals surface area contributed by atoms with Gasteiger partial charge >= 0.3 is 0 Å². The number of benzene rings is 7. The van der Waals surface area contributed by atoms with Crippen molar-refractivity contribution in [2.45, 2.75) is 0 Å². The van der Waals surface area contributed by atoms with Crippen LogP contribution in [0.3, 0.4) is 0 Å². The van der Waals surface area contributed by atoms with Gasteiger partial charge in [-0.15, -0.1) is 0 Å². The highest BCUT2D eigenvalue weighted by molar-refractivity contribution is 6.09. The third-order valence-electron chi connectivity index (χ3n) is 9.38. The molecule has 9 aromatic rings. The lowest BCUT2D eigenvalue weighted by atomic mass is 9.98. The topological polar surface area (TPSA) is 29.3 Å². The van der Waals surface area contributed by atoms with Crippen LogP contribution in [0.2, 0.25) is 0 Å². The van der Waals surface area contributed by atoms with Gasteiger partial charge in [0.15, 0.2) is 0 Å². The van der Waals surface area contributed by atoms with E-state index in [4.69, 9.17) is 4.42 Å². The maximum absolute atomic E-state index is 6.33. The Morgan fingerprint density at radius 1 is 0.360 bits per heavy atom. The van der Waals surface area contributed by atoms with E-state index in [1.165, 1.54) is 22.3 Å². The summed E-state index contributed by atoms with van der Waals surface area (Å²) >= 11 is 0. The summed E-state index contributed by atoms with van der Waals surface area (Å²) < 4.78 is 6.33. The van der Waals surface area contributed by atoms with E-state index in [0.717, 1.165) is 61.3 Å². The van der Waals surface area contributed by atoms with Gasteiger partial charge in [-0.3, -0.25) is 4.98 Å². The van der Waals surface area contributed by atoms with Crippen molar-refractivity contribution >= 4 is 39.0 Å². The normalized spacial score (nSPS) is 11.2. The second-order valence-corrected chi connectivity index (χ2v) is 12.5. The highest BCUT2D eigenvalue weighted by Crippen LogP contribution is 2.39. The Morgan fingerprint density at radius 2 is 0.820 bits per heavy atom. The standard InChI is InChI=1S/C47H32N2O/c1-3-10-33(11-4-1)35-18-24-40(25-19-35)49(41-26-20-36(21-27-41)34-12-5-2-6-13-34)42-28-22-37(23-29-42)38-14-9-15-39(30-38)44-31-48-32-45-43-16-7-8-17-46(43)50-47(44)45/h1-32H. The fourth-order valence-electron chi connectivity index (χ4n) is 6.83. The summed E-state index contributed by atoms with van der Waals surface area (Å²) in [6.45, 7) is 0. The van der Waals surface area contributed by atoms with Gasteiger partial charge in [0, 0.05) is 45.8 Å². The van der Waals surface area contributed by atoms with Crippen LogP contribution in [-0.4, -0.2) is 4.98 Å². The molecule has 0 aliphatic carbocycles. The van der Waals surface area contributed by atoms with Crippen molar-refractivity contribution in [3.63, 3.8) is 0 Å². The molecule has 3 nitrogen and oxygen atoms in total. The Bertz CT molecular complexity index is 2470. The van der Waals surface area contributed by atoms with E-state index >= 15 is 0 Å². The smallest absolute Gasteiger partial charge is 0.146 e. The van der Waals surface area contributed by atoms with Gasteiger partial charge < -0.3 is 9.32 Å². The number of hydrogen-bond donors (Lipinski definition) is 0. The van der Waals surface area contributed by atoms with E-state index in [1.807, 2.05) is 30.6 Å². The van der Waals surface area contributed by atoms with Gasteiger partial charge in [-0.25, -0.2) is 0 Å². The van der Waals surface area contributed by atoms with Gasteiger partial charge in [-0.2, -0.15) is 0 Å². The SMILES string of the molecule is c1ccc(-c2ccc(N(c3ccc(-c4ccccc4)cc3)c3ccc(-c4cccc(-c5cncc6c5oc5ccccc56)c4)cc3)cc2)cc1. The van der Waals surface area contributed by atoms with Crippen molar-refractivity contribution in [2.75, 3.05) is 4.90 Å². The summed E-state index contributed by atoms with van der Waals surface area (Å²) in [5.74, 6) is 0. The highest BCUT2D eigenvalue weighted by atomic mass is 16.3. The summed E-state index contributed by atoms with van der Waals surface area (Å²) in [4.78, 5) is 6.90. The van der Waals surface area contributed by atoms with E-state index < -0.39 is 0 Å². The lowest BCUT2D eigenvalue weighted by Crippen LogP contribution is -2.09. The zero-order valence-corrected chi connectivity index (χ0v) is 27.3. The summed E-state index contributed by atoms with van der Waals surface area (Å²) in [5.41, 5.74) is 14.1. The molecule has 50 heavy (non-hydrogen) atoms. The summed E-state index contributed by atoms with van der Waals surface area (Å²) in [5, 5.41) is 2.11. The minimum absolute atomic E-state index is 0.862. The molecule has 0 radical (unpaired) electrons. The van der Waals surface area contributed by atoms with Crippen molar-refractivity contribution in [3.05, 3.63) is 194 Å². The van der Waals surface area contributed by atoms with Crippen LogP contribution in [0.1, 0.15) is 0 Å². The number of fused-ring (bicyclic) bond motifs is 3. The first kappa shape index (κ1) is 29.4. The molecule has 0 amide bonds. The minimum atomic E-state index is 0.862. The van der Waals surface area contributed by atoms with Crippen LogP contribution in [0.4, 0.5) is 17.1 Å². The molecule has 0 bridgehead atoms. The third kappa shape index (κ3) is 5.51. The molecular weight excluding hydrogens is 609 g/mol. The number of rotatable bonds is 7. The number of anilines is 3. The summed E-state index contributed by atoms with van der Waals surface area (Å²) in [7, 11) is 0. The highest BCUT2D eigenvalue weighted by Gasteiger charge is 2.16. The number of furan rings is 1. The molecule has 0 atom stereocenters. The maximum atomic E-state index is 6.33. The fraction of sp³-hybridized carbons (Fsp3) is 0. The lowest BCUT2D eigenvalue weighted by Gasteiger charge is -2.26. The quantitative estimate of drug-likeness (QED) is 0.174. The molecule has 2 heterocycles. The number of pyridine rings is 1. The van der Waals surface area contributed by atoms with Gasteiger partial charge in [0.05, 0.1) is 0 Å². The first-order chi connectivity index (χ1) is 24.8. The molecule has 236 valence electrons. The van der Waals surface area contributed by atoms with Gasteiger partial charge in [-0.1, -0.05) is 133 Å². The Morgan fingerprint density at radius 3 is 1.40 bits per heavy atom. The molecule has 9 rings (SSSR count). The third-order valence-corrected chi connectivity index (χ3v) is 9.38. The van der Waals surface area contributed by atoms with Crippen LogP contribution in [0.5, 0.6) is 0 Å². The Hall–Kier alpha value is -6.71. The maximum Gasteiger partial charge on any atom is 0.146 e. The van der Waals surface area contributed by atoms with E-state index in [2.05, 4.69) is 174 Å². The van der Waals surface area contributed by atoms with Crippen molar-refractivity contribution in [2.24, 2.45) is 0 Å². The Balaban J connectivity index is 1.07. The molecule has 0 saturated heterocycles. The van der Waals surface area contributed by atoms with Crippen molar-refractivity contribution in [1.82, 2.24) is 4.98 Å². The molecule has 3 heteroatoms. The molecule has 0 spiro atoms. The monoisotopic (exact) mass is 640 g/mol. The number of hydrogen-bond acceptors (Lipinski definition) is 3. The Kier molecular flexibility index (Phi) is 7.49.